The Bertz CT molecular complexity index is 627. The van der Waals surface area contributed by atoms with Crippen LogP contribution in [-0.4, -0.2) is 38.1 Å². The number of fused-ring (bicyclic) bond motifs is 3. The molecule has 26 heavy (non-hydrogen) atoms. The number of rotatable bonds is 5. The zero-order valence-electron chi connectivity index (χ0n) is 16.4. The van der Waals surface area contributed by atoms with E-state index in [-0.39, 0.29) is 0 Å². The lowest BCUT2D eigenvalue weighted by atomic mass is 9.77. The number of alkyl halides is 2. The van der Waals surface area contributed by atoms with E-state index in [1.54, 1.807) is 7.11 Å². The average molecular weight is 367 g/mol. The minimum Gasteiger partial charge on any atom is -0.493 e. The van der Waals surface area contributed by atoms with Gasteiger partial charge in [0.2, 0.25) is 0 Å². The summed E-state index contributed by atoms with van der Waals surface area (Å²) in [5.74, 6) is 1.74. The quantitative estimate of drug-likeness (QED) is 0.724. The molecule has 0 aromatic heterocycles. The number of halogens is 2. The number of methoxy groups -OCH3 is 1. The zero-order valence-corrected chi connectivity index (χ0v) is 16.4. The molecule has 2 aliphatic heterocycles. The van der Waals surface area contributed by atoms with E-state index in [0.717, 1.165) is 31.8 Å². The molecule has 2 unspecified atom stereocenters. The van der Waals surface area contributed by atoms with E-state index in [1.807, 2.05) is 12.1 Å². The lowest BCUT2D eigenvalue weighted by Crippen LogP contribution is -2.43. The molecule has 2 heterocycles. The molecule has 1 fully saturated rings. The van der Waals surface area contributed by atoms with E-state index >= 15 is 0 Å². The third-order valence-corrected chi connectivity index (χ3v) is 5.50. The molecule has 0 aliphatic carbocycles. The Morgan fingerprint density at radius 2 is 1.96 bits per heavy atom. The lowest BCUT2D eigenvalue weighted by molar-refractivity contribution is 0.0765. The summed E-state index contributed by atoms with van der Waals surface area (Å²) in [4.78, 5) is 2.60. The van der Waals surface area contributed by atoms with Crippen LogP contribution < -0.4 is 9.47 Å². The van der Waals surface area contributed by atoms with Crippen LogP contribution in [0.1, 0.15) is 57.2 Å². The average Bonchev–Trinajstić information content (AvgIpc) is 2.57. The Balaban J connectivity index is 1.77. The van der Waals surface area contributed by atoms with Crippen molar-refractivity contribution >= 4 is 0 Å². The van der Waals surface area contributed by atoms with Crippen molar-refractivity contribution in [3.8, 4) is 11.5 Å². The maximum absolute atomic E-state index is 12.5. The Morgan fingerprint density at radius 1 is 1.19 bits per heavy atom. The van der Waals surface area contributed by atoms with Crippen LogP contribution in [0.5, 0.6) is 11.5 Å². The second-order valence-corrected chi connectivity index (χ2v) is 8.87. The van der Waals surface area contributed by atoms with Gasteiger partial charge in [0.1, 0.15) is 6.61 Å². The standard InChI is InChI=1S/C21H31F2NO2/c1-21(2,3)11-14-5-6-17-16-10-18(25-4)19(26-13-20(22)23)9-15(16)7-8-24(17)12-14/h9-10,14,17,20H,5-8,11-13H2,1-4H3. The fourth-order valence-corrected chi connectivity index (χ4v) is 4.59. The van der Waals surface area contributed by atoms with E-state index < -0.39 is 13.0 Å². The first-order valence-corrected chi connectivity index (χ1v) is 9.62. The van der Waals surface area contributed by atoms with Gasteiger partial charge in [-0.1, -0.05) is 20.8 Å². The van der Waals surface area contributed by atoms with Gasteiger partial charge in [-0.25, -0.2) is 8.78 Å². The van der Waals surface area contributed by atoms with Crippen LogP contribution in [-0.2, 0) is 6.42 Å². The minimum absolute atomic E-state index is 0.366. The number of piperidine rings is 1. The summed E-state index contributed by atoms with van der Waals surface area (Å²) in [5, 5.41) is 0. The molecule has 5 heteroatoms. The molecule has 1 saturated heterocycles. The molecule has 0 amide bonds. The third-order valence-electron chi connectivity index (χ3n) is 5.50. The highest BCUT2D eigenvalue weighted by atomic mass is 19.3. The van der Waals surface area contributed by atoms with Gasteiger partial charge in [0, 0.05) is 19.1 Å². The molecule has 2 aliphatic rings. The fraction of sp³-hybridized carbons (Fsp3) is 0.714. The van der Waals surface area contributed by atoms with E-state index in [9.17, 15) is 8.78 Å². The van der Waals surface area contributed by atoms with Crippen LogP contribution in [0.25, 0.3) is 0 Å². The molecule has 0 N–H and O–H groups in total. The van der Waals surface area contributed by atoms with E-state index in [4.69, 9.17) is 9.47 Å². The molecule has 1 aromatic carbocycles. The van der Waals surface area contributed by atoms with Crippen molar-refractivity contribution in [2.75, 3.05) is 26.8 Å². The maximum Gasteiger partial charge on any atom is 0.272 e. The summed E-state index contributed by atoms with van der Waals surface area (Å²) in [6.45, 7) is 8.52. The Morgan fingerprint density at radius 3 is 2.62 bits per heavy atom. The molecular weight excluding hydrogens is 336 g/mol. The maximum atomic E-state index is 12.5. The number of ether oxygens (including phenoxy) is 2. The summed E-state index contributed by atoms with van der Waals surface area (Å²) in [6, 6.07) is 4.33. The third kappa shape index (κ3) is 4.48. The highest BCUT2D eigenvalue weighted by Crippen LogP contribution is 2.44. The van der Waals surface area contributed by atoms with Gasteiger partial charge >= 0.3 is 0 Å². The minimum atomic E-state index is -2.48. The number of nitrogens with zero attached hydrogens (tertiary/aromatic N) is 1. The molecule has 146 valence electrons. The van der Waals surface area contributed by atoms with Gasteiger partial charge in [-0.3, -0.25) is 4.90 Å². The molecule has 2 atom stereocenters. The Kier molecular flexibility index (Phi) is 5.75. The van der Waals surface area contributed by atoms with Gasteiger partial charge in [0.05, 0.1) is 7.11 Å². The van der Waals surface area contributed by atoms with E-state index in [2.05, 4.69) is 25.7 Å². The van der Waals surface area contributed by atoms with Crippen molar-refractivity contribution in [1.29, 1.82) is 0 Å². The van der Waals surface area contributed by atoms with Crippen LogP contribution >= 0.6 is 0 Å². The second kappa shape index (κ2) is 7.71. The first-order valence-electron chi connectivity index (χ1n) is 9.62. The predicted molar refractivity (Wildman–Crippen MR) is 99.3 cm³/mol. The first kappa shape index (κ1) is 19.4. The van der Waals surface area contributed by atoms with Crippen LogP contribution in [0.15, 0.2) is 12.1 Å². The zero-order chi connectivity index (χ0) is 18.9. The van der Waals surface area contributed by atoms with Crippen molar-refractivity contribution in [1.82, 2.24) is 4.90 Å². The number of hydrogen-bond acceptors (Lipinski definition) is 3. The number of benzene rings is 1. The SMILES string of the molecule is COc1cc2c(cc1OCC(F)F)CCN1CC(CC(C)(C)C)CCC21. The molecule has 0 bridgehead atoms. The molecule has 1 aromatic rings. The Hall–Kier alpha value is -1.36. The fourth-order valence-electron chi connectivity index (χ4n) is 4.59. The topological polar surface area (TPSA) is 21.7 Å². The monoisotopic (exact) mass is 367 g/mol. The van der Waals surface area contributed by atoms with Crippen molar-refractivity contribution in [3.05, 3.63) is 23.3 Å². The van der Waals surface area contributed by atoms with Gasteiger partial charge in [0.25, 0.3) is 6.43 Å². The van der Waals surface area contributed by atoms with Crippen LogP contribution in [0.2, 0.25) is 0 Å². The molecular formula is C21H31F2NO2. The van der Waals surface area contributed by atoms with Crippen molar-refractivity contribution in [3.63, 3.8) is 0 Å². The second-order valence-electron chi connectivity index (χ2n) is 8.87. The van der Waals surface area contributed by atoms with Crippen molar-refractivity contribution < 1.29 is 18.3 Å². The van der Waals surface area contributed by atoms with Crippen LogP contribution in [0.3, 0.4) is 0 Å². The highest BCUT2D eigenvalue weighted by Gasteiger charge is 2.35. The predicted octanol–water partition coefficient (Wildman–Crippen LogP) is 5.08. The smallest absolute Gasteiger partial charge is 0.272 e. The van der Waals surface area contributed by atoms with Crippen LogP contribution in [0, 0.1) is 11.3 Å². The summed E-state index contributed by atoms with van der Waals surface area (Å²) < 4.78 is 35.7. The largest absolute Gasteiger partial charge is 0.493 e. The molecule has 3 rings (SSSR count). The highest BCUT2D eigenvalue weighted by molar-refractivity contribution is 5.49. The van der Waals surface area contributed by atoms with Gasteiger partial charge in [-0.05, 0) is 60.3 Å². The summed E-state index contributed by atoms with van der Waals surface area (Å²) in [5.41, 5.74) is 2.86. The molecule has 0 saturated carbocycles. The number of hydrogen-bond donors (Lipinski definition) is 0. The van der Waals surface area contributed by atoms with Gasteiger partial charge < -0.3 is 9.47 Å². The van der Waals surface area contributed by atoms with E-state index in [0.29, 0.717) is 23.0 Å². The van der Waals surface area contributed by atoms with Crippen LogP contribution in [0.4, 0.5) is 8.78 Å². The summed E-state index contributed by atoms with van der Waals surface area (Å²) in [7, 11) is 1.57. The summed E-state index contributed by atoms with van der Waals surface area (Å²) >= 11 is 0. The van der Waals surface area contributed by atoms with E-state index in [1.165, 1.54) is 24.0 Å². The van der Waals surface area contributed by atoms with Gasteiger partial charge in [0.15, 0.2) is 11.5 Å². The van der Waals surface area contributed by atoms with Gasteiger partial charge in [-0.15, -0.1) is 0 Å². The molecule has 3 nitrogen and oxygen atoms in total. The Labute approximate surface area is 155 Å². The van der Waals surface area contributed by atoms with Gasteiger partial charge in [-0.2, -0.15) is 0 Å². The van der Waals surface area contributed by atoms with Crippen molar-refractivity contribution in [2.24, 2.45) is 11.3 Å². The van der Waals surface area contributed by atoms with Crippen molar-refractivity contribution in [2.45, 2.75) is 58.9 Å². The lowest BCUT2D eigenvalue weighted by Gasteiger charge is -2.45. The normalized spacial score (nSPS) is 23.5. The molecule has 0 radical (unpaired) electrons. The molecule has 0 spiro atoms. The first-order chi connectivity index (χ1) is 12.3. The summed E-state index contributed by atoms with van der Waals surface area (Å²) in [6.07, 6.45) is 2.10.